The van der Waals surface area contributed by atoms with Crippen LogP contribution in [0.3, 0.4) is 0 Å². The van der Waals surface area contributed by atoms with Crippen LogP contribution in [0.4, 0.5) is 0 Å². The molecule has 0 aromatic heterocycles. The van der Waals surface area contributed by atoms with Gasteiger partial charge >= 0.3 is 23.9 Å². The number of ether oxygens (including phenoxy) is 2. The van der Waals surface area contributed by atoms with Gasteiger partial charge in [0.2, 0.25) is 0 Å². The second-order valence-corrected chi connectivity index (χ2v) is 4.39. The normalized spacial score (nSPS) is 13.2. The fraction of sp³-hybridized carbons (Fsp3) is 0.600. The third-order valence-electron chi connectivity index (χ3n) is 1.96. The van der Waals surface area contributed by atoms with Crippen LogP contribution in [0.15, 0.2) is 0 Å². The largest absolute Gasteiger partial charge is 0.392 e. The lowest BCUT2D eigenvalue weighted by molar-refractivity contribution is -0.165. The van der Waals surface area contributed by atoms with Crippen molar-refractivity contribution in [3.8, 4) is 0 Å². The molecule has 0 saturated heterocycles. The molecule has 0 aromatic carbocycles. The molecule has 0 aliphatic rings. The van der Waals surface area contributed by atoms with Crippen LogP contribution >= 0.6 is 25.3 Å². The Hall–Kier alpha value is -1.10. The summed E-state index contributed by atoms with van der Waals surface area (Å²) in [5, 5.41) is 0. The van der Waals surface area contributed by atoms with E-state index in [1.54, 1.807) is 0 Å². The van der Waals surface area contributed by atoms with Crippen LogP contribution in [0, 0.1) is 0 Å². The van der Waals surface area contributed by atoms with E-state index in [0.29, 0.717) is 0 Å². The van der Waals surface area contributed by atoms with Gasteiger partial charge in [0.1, 0.15) is 12.1 Å². The predicted octanol–water partition coefficient (Wildman–Crippen LogP) is -1.58. The van der Waals surface area contributed by atoms with Gasteiger partial charge in [-0.3, -0.25) is 9.59 Å². The van der Waals surface area contributed by atoms with E-state index in [4.69, 9.17) is 11.5 Å². The van der Waals surface area contributed by atoms with Crippen LogP contribution in [-0.4, -0.2) is 47.5 Å². The zero-order chi connectivity index (χ0) is 15.7. The van der Waals surface area contributed by atoms with Gasteiger partial charge in [0.05, 0.1) is 12.8 Å². The Labute approximate surface area is 126 Å². The van der Waals surface area contributed by atoms with Crippen molar-refractivity contribution < 1.29 is 28.7 Å². The summed E-state index contributed by atoms with van der Waals surface area (Å²) in [5.74, 6) is -3.74. The number of hydrogen-bond donors (Lipinski definition) is 4. The quantitative estimate of drug-likeness (QED) is 0.250. The van der Waals surface area contributed by atoms with Crippen molar-refractivity contribution >= 4 is 49.1 Å². The van der Waals surface area contributed by atoms with Crippen LogP contribution in [0.5, 0.6) is 0 Å². The first kappa shape index (κ1) is 18.9. The number of esters is 4. The molecule has 2 unspecified atom stereocenters. The fourth-order valence-electron chi connectivity index (χ4n) is 0.831. The lowest BCUT2D eigenvalue weighted by Crippen LogP contribution is -2.36. The van der Waals surface area contributed by atoms with Crippen LogP contribution in [-0.2, 0) is 28.7 Å². The monoisotopic (exact) mass is 324 g/mol. The second kappa shape index (κ2) is 9.75. The summed E-state index contributed by atoms with van der Waals surface area (Å²) in [6, 6.07) is -2.05. The summed E-state index contributed by atoms with van der Waals surface area (Å²) in [6.45, 7) is 0. The summed E-state index contributed by atoms with van der Waals surface area (Å²) in [6.07, 6.45) is -0.847. The second-order valence-electron chi connectivity index (χ2n) is 3.66. The zero-order valence-corrected chi connectivity index (χ0v) is 12.3. The van der Waals surface area contributed by atoms with Crippen molar-refractivity contribution in [2.24, 2.45) is 11.5 Å². The summed E-state index contributed by atoms with van der Waals surface area (Å²) < 4.78 is 8.69. The molecule has 0 fully saturated rings. The number of thiol groups is 2. The van der Waals surface area contributed by atoms with Crippen LogP contribution in [0.1, 0.15) is 12.8 Å². The third kappa shape index (κ3) is 7.48. The van der Waals surface area contributed by atoms with E-state index in [9.17, 15) is 19.2 Å². The highest BCUT2D eigenvalue weighted by Gasteiger charge is 2.21. The Morgan fingerprint density at radius 1 is 0.800 bits per heavy atom. The van der Waals surface area contributed by atoms with Crippen molar-refractivity contribution in [3.05, 3.63) is 0 Å². The molecule has 0 saturated carbocycles. The highest BCUT2D eigenvalue weighted by Crippen LogP contribution is 2.00. The van der Waals surface area contributed by atoms with E-state index in [-0.39, 0.29) is 11.5 Å². The Kier molecular flexibility index (Phi) is 9.21. The summed E-state index contributed by atoms with van der Waals surface area (Å²) in [5.41, 5.74) is 10.5. The van der Waals surface area contributed by atoms with Crippen molar-refractivity contribution in [1.29, 1.82) is 0 Å². The van der Waals surface area contributed by atoms with Crippen LogP contribution < -0.4 is 11.5 Å². The van der Waals surface area contributed by atoms with Gasteiger partial charge in [-0.25, -0.2) is 9.59 Å². The number of rotatable bonds is 7. The fourth-order valence-corrected chi connectivity index (χ4v) is 1.13. The molecule has 20 heavy (non-hydrogen) atoms. The maximum absolute atomic E-state index is 11.2. The summed E-state index contributed by atoms with van der Waals surface area (Å²) in [7, 11) is 0. The lowest BCUT2D eigenvalue weighted by Gasteiger charge is -2.08. The van der Waals surface area contributed by atoms with Gasteiger partial charge in [0.25, 0.3) is 0 Å². The number of nitrogens with two attached hydrogens (primary N) is 2. The molecule has 0 spiro atoms. The standard InChI is InChI=1S/C10H16N2O6S2/c11-5(3-19)9(15)17-7(13)1-2-8(14)18-10(16)6(12)4-20/h5-6,19-20H,1-4,11-12H2. The molecule has 0 aromatic rings. The molecular formula is C10H16N2O6S2. The average molecular weight is 324 g/mol. The van der Waals surface area contributed by atoms with E-state index in [2.05, 4.69) is 34.7 Å². The van der Waals surface area contributed by atoms with E-state index in [1.807, 2.05) is 0 Å². The molecule has 0 aliphatic heterocycles. The maximum Gasteiger partial charge on any atom is 0.331 e. The molecule has 0 heterocycles. The van der Waals surface area contributed by atoms with Crippen LogP contribution in [0.25, 0.3) is 0 Å². The maximum atomic E-state index is 11.2. The smallest absolute Gasteiger partial charge is 0.331 e. The van der Waals surface area contributed by atoms with E-state index >= 15 is 0 Å². The zero-order valence-electron chi connectivity index (χ0n) is 10.5. The Bertz CT molecular complexity index is 354. The molecule has 0 aliphatic carbocycles. The van der Waals surface area contributed by atoms with Gasteiger partial charge in [-0.1, -0.05) is 0 Å². The average Bonchev–Trinajstić information content (AvgIpc) is 2.42. The van der Waals surface area contributed by atoms with Crippen molar-refractivity contribution in [1.82, 2.24) is 0 Å². The molecular weight excluding hydrogens is 308 g/mol. The van der Waals surface area contributed by atoms with Crippen LogP contribution in [0.2, 0.25) is 0 Å². The van der Waals surface area contributed by atoms with Gasteiger partial charge in [-0.05, 0) is 0 Å². The Morgan fingerprint density at radius 3 is 1.35 bits per heavy atom. The summed E-state index contributed by atoms with van der Waals surface area (Å²) in [4.78, 5) is 44.6. The van der Waals surface area contributed by atoms with Crippen molar-refractivity contribution in [3.63, 3.8) is 0 Å². The minimum atomic E-state index is -1.02. The van der Waals surface area contributed by atoms with Gasteiger partial charge in [0, 0.05) is 11.5 Å². The number of carbonyl (C=O) groups is 4. The molecule has 10 heteroatoms. The Morgan fingerprint density at radius 2 is 1.10 bits per heavy atom. The van der Waals surface area contributed by atoms with Crippen molar-refractivity contribution in [2.75, 3.05) is 11.5 Å². The number of hydrogen-bond acceptors (Lipinski definition) is 10. The predicted molar refractivity (Wildman–Crippen MR) is 75.1 cm³/mol. The van der Waals surface area contributed by atoms with E-state index in [1.165, 1.54) is 0 Å². The molecule has 8 nitrogen and oxygen atoms in total. The van der Waals surface area contributed by atoms with Gasteiger partial charge in [-0.15, -0.1) is 0 Å². The van der Waals surface area contributed by atoms with E-state index in [0.717, 1.165) is 0 Å². The molecule has 0 radical (unpaired) electrons. The van der Waals surface area contributed by atoms with Gasteiger partial charge in [-0.2, -0.15) is 25.3 Å². The first-order valence-electron chi connectivity index (χ1n) is 5.53. The van der Waals surface area contributed by atoms with Crippen molar-refractivity contribution in [2.45, 2.75) is 24.9 Å². The minimum Gasteiger partial charge on any atom is -0.392 e. The van der Waals surface area contributed by atoms with Gasteiger partial charge in [0.15, 0.2) is 0 Å². The molecule has 2 atom stereocenters. The third-order valence-corrected chi connectivity index (χ3v) is 2.75. The molecule has 0 bridgehead atoms. The van der Waals surface area contributed by atoms with Gasteiger partial charge < -0.3 is 20.9 Å². The molecule has 0 rings (SSSR count). The Balaban J connectivity index is 4.04. The SMILES string of the molecule is NC(CS)C(=O)OC(=O)CCC(=O)OC(=O)C(N)CS. The highest BCUT2D eigenvalue weighted by molar-refractivity contribution is 7.80. The molecule has 0 amide bonds. The lowest BCUT2D eigenvalue weighted by atomic mass is 10.3. The molecule has 4 N–H and O–H groups in total. The minimum absolute atomic E-state index is 0.0181. The summed E-state index contributed by atoms with van der Waals surface area (Å²) >= 11 is 7.52. The highest BCUT2D eigenvalue weighted by atomic mass is 32.1. The first-order chi connectivity index (χ1) is 9.31. The molecule has 114 valence electrons. The first-order valence-corrected chi connectivity index (χ1v) is 6.80. The topological polar surface area (TPSA) is 139 Å². The number of carbonyl (C=O) groups excluding carboxylic acids is 4. The van der Waals surface area contributed by atoms with E-state index < -0.39 is 48.8 Å².